The van der Waals surface area contributed by atoms with Gasteiger partial charge in [-0.3, -0.25) is 9.59 Å². The van der Waals surface area contributed by atoms with Gasteiger partial charge >= 0.3 is 11.8 Å². The second-order valence-electron chi connectivity index (χ2n) is 4.32. The molecule has 0 spiro atoms. The number of hydrogen-bond donors (Lipinski definition) is 2. The highest BCUT2D eigenvalue weighted by Gasteiger charge is 2.12. The molecule has 1 rings (SSSR count). The molecular weight excluding hydrogens is 244 g/mol. The maximum Gasteiger partial charge on any atom is 0.309 e. The second kappa shape index (κ2) is 7.41. The summed E-state index contributed by atoms with van der Waals surface area (Å²) in [6, 6.07) is 7.43. The Morgan fingerprint density at radius 1 is 1.16 bits per heavy atom. The van der Waals surface area contributed by atoms with Crippen LogP contribution in [0.1, 0.15) is 26.3 Å². The Kier molecular flexibility index (Phi) is 5.85. The molecule has 19 heavy (non-hydrogen) atoms. The van der Waals surface area contributed by atoms with Gasteiger partial charge in [-0.2, -0.15) is 0 Å². The summed E-state index contributed by atoms with van der Waals surface area (Å²) in [5.41, 5.74) is 0.842. The van der Waals surface area contributed by atoms with E-state index in [0.717, 1.165) is 5.56 Å². The van der Waals surface area contributed by atoms with E-state index in [1.54, 1.807) is 6.92 Å². The lowest BCUT2D eigenvalue weighted by molar-refractivity contribution is -0.139. The number of amides is 2. The van der Waals surface area contributed by atoms with Crippen LogP contribution in [-0.2, 0) is 16.1 Å². The van der Waals surface area contributed by atoms with E-state index in [1.165, 1.54) is 0 Å². The predicted octanol–water partition coefficient (Wildman–Crippen LogP) is 1.23. The van der Waals surface area contributed by atoms with Gasteiger partial charge in [0, 0.05) is 18.7 Å². The van der Waals surface area contributed by atoms with Gasteiger partial charge in [-0.15, -0.1) is 0 Å². The third-order valence-electron chi connectivity index (χ3n) is 2.32. The lowest BCUT2D eigenvalue weighted by Gasteiger charge is -2.14. The molecule has 0 fully saturated rings. The lowest BCUT2D eigenvalue weighted by atomic mass is 10.2. The number of para-hydroxylation sites is 1. The highest BCUT2D eigenvalue weighted by molar-refractivity contribution is 6.35. The number of carbonyl (C=O) groups excluding carboxylic acids is 2. The quantitative estimate of drug-likeness (QED) is 0.786. The highest BCUT2D eigenvalue weighted by atomic mass is 16.5. The molecule has 0 atom stereocenters. The Morgan fingerprint density at radius 2 is 1.79 bits per heavy atom. The predicted molar refractivity (Wildman–Crippen MR) is 72.7 cm³/mol. The minimum absolute atomic E-state index is 0.0558. The van der Waals surface area contributed by atoms with Gasteiger partial charge in [-0.05, 0) is 26.8 Å². The first-order chi connectivity index (χ1) is 9.04. The molecule has 0 radical (unpaired) electrons. The molecule has 0 saturated heterocycles. The van der Waals surface area contributed by atoms with Gasteiger partial charge < -0.3 is 15.4 Å². The maximum atomic E-state index is 11.5. The summed E-state index contributed by atoms with van der Waals surface area (Å²) in [5.74, 6) is -0.542. The molecule has 0 heterocycles. The van der Waals surface area contributed by atoms with E-state index in [0.29, 0.717) is 12.3 Å². The normalized spacial score (nSPS) is 10.1. The fourth-order valence-electron chi connectivity index (χ4n) is 1.52. The first-order valence-electron chi connectivity index (χ1n) is 6.35. The summed E-state index contributed by atoms with van der Waals surface area (Å²) >= 11 is 0. The van der Waals surface area contributed by atoms with Crippen LogP contribution in [0.4, 0.5) is 0 Å². The van der Waals surface area contributed by atoms with Crippen molar-refractivity contribution in [1.29, 1.82) is 0 Å². The average Bonchev–Trinajstić information content (AvgIpc) is 2.37. The third-order valence-corrected chi connectivity index (χ3v) is 2.32. The minimum Gasteiger partial charge on any atom is -0.491 e. The zero-order valence-electron chi connectivity index (χ0n) is 11.5. The van der Waals surface area contributed by atoms with Crippen molar-refractivity contribution in [2.24, 2.45) is 0 Å². The summed E-state index contributed by atoms with van der Waals surface area (Å²) < 4.78 is 5.63. The van der Waals surface area contributed by atoms with Crippen LogP contribution in [0.25, 0.3) is 0 Å². The van der Waals surface area contributed by atoms with Crippen LogP contribution >= 0.6 is 0 Å². The zero-order chi connectivity index (χ0) is 14.3. The van der Waals surface area contributed by atoms with E-state index in [4.69, 9.17) is 4.74 Å². The summed E-state index contributed by atoms with van der Waals surface area (Å²) in [5, 5.41) is 5.01. The van der Waals surface area contributed by atoms with E-state index in [1.807, 2.05) is 38.1 Å². The summed E-state index contributed by atoms with van der Waals surface area (Å²) in [4.78, 5) is 22.7. The molecular formula is C14H20N2O3. The molecule has 0 bridgehead atoms. The minimum atomic E-state index is -0.638. The first-order valence-corrected chi connectivity index (χ1v) is 6.35. The number of nitrogens with one attached hydrogen (secondary N) is 2. The molecule has 0 aliphatic heterocycles. The summed E-state index contributed by atoms with van der Waals surface area (Å²) in [6.07, 6.45) is 0.0558. The lowest BCUT2D eigenvalue weighted by Crippen LogP contribution is -2.39. The topological polar surface area (TPSA) is 67.4 Å². The van der Waals surface area contributed by atoms with Gasteiger partial charge in [-0.25, -0.2) is 0 Å². The van der Waals surface area contributed by atoms with E-state index in [-0.39, 0.29) is 12.6 Å². The van der Waals surface area contributed by atoms with Crippen molar-refractivity contribution in [2.75, 3.05) is 6.54 Å². The maximum absolute atomic E-state index is 11.5. The third kappa shape index (κ3) is 4.99. The van der Waals surface area contributed by atoms with Crippen LogP contribution < -0.4 is 15.4 Å². The van der Waals surface area contributed by atoms with Crippen LogP contribution in [0.15, 0.2) is 24.3 Å². The molecule has 2 amide bonds. The molecule has 5 heteroatoms. The fraction of sp³-hybridized carbons (Fsp3) is 0.429. The monoisotopic (exact) mass is 264 g/mol. The van der Waals surface area contributed by atoms with Crippen LogP contribution in [0, 0.1) is 0 Å². The number of ether oxygens (including phenoxy) is 1. The van der Waals surface area contributed by atoms with E-state index in [9.17, 15) is 9.59 Å². The molecule has 0 saturated carbocycles. The summed E-state index contributed by atoms with van der Waals surface area (Å²) in [7, 11) is 0. The molecule has 0 aliphatic carbocycles. The molecule has 0 unspecified atom stereocenters. The van der Waals surface area contributed by atoms with E-state index < -0.39 is 11.8 Å². The Balaban J connectivity index is 2.62. The van der Waals surface area contributed by atoms with Crippen molar-refractivity contribution in [3.05, 3.63) is 29.8 Å². The Morgan fingerprint density at radius 3 is 2.42 bits per heavy atom. The van der Waals surface area contributed by atoms with Crippen LogP contribution in [0.3, 0.4) is 0 Å². The summed E-state index contributed by atoms with van der Waals surface area (Å²) in [6.45, 7) is 6.32. The second-order valence-corrected chi connectivity index (χ2v) is 4.32. The first kappa shape index (κ1) is 15.0. The molecule has 1 aromatic rings. The van der Waals surface area contributed by atoms with Gasteiger partial charge in [0.15, 0.2) is 0 Å². The molecule has 0 aromatic heterocycles. The van der Waals surface area contributed by atoms with Crippen molar-refractivity contribution < 1.29 is 14.3 Å². The van der Waals surface area contributed by atoms with Gasteiger partial charge in [0.2, 0.25) is 0 Å². The van der Waals surface area contributed by atoms with E-state index in [2.05, 4.69) is 10.6 Å². The number of hydrogen-bond acceptors (Lipinski definition) is 3. The van der Waals surface area contributed by atoms with Crippen LogP contribution in [-0.4, -0.2) is 24.5 Å². The van der Waals surface area contributed by atoms with Crippen molar-refractivity contribution in [3.8, 4) is 5.75 Å². The standard InChI is InChI=1S/C14H20N2O3/c1-4-15-13(17)14(18)16-9-11-7-5-6-8-12(11)19-10(2)3/h5-8,10H,4,9H2,1-3H3,(H,15,17)(H,16,18). The number of benzene rings is 1. The van der Waals surface area contributed by atoms with Crippen LogP contribution in [0.2, 0.25) is 0 Å². The van der Waals surface area contributed by atoms with Gasteiger partial charge in [-0.1, -0.05) is 18.2 Å². The number of rotatable bonds is 5. The fourth-order valence-corrected chi connectivity index (χ4v) is 1.52. The largest absolute Gasteiger partial charge is 0.491 e. The van der Waals surface area contributed by atoms with Crippen molar-refractivity contribution in [1.82, 2.24) is 10.6 Å². The van der Waals surface area contributed by atoms with Crippen LogP contribution in [0.5, 0.6) is 5.75 Å². The van der Waals surface area contributed by atoms with Gasteiger partial charge in [0.25, 0.3) is 0 Å². The Hall–Kier alpha value is -2.04. The molecule has 104 valence electrons. The number of likely N-dealkylation sites (N-methyl/N-ethyl adjacent to an activating group) is 1. The number of carbonyl (C=O) groups is 2. The van der Waals surface area contributed by atoms with Gasteiger partial charge in [0.05, 0.1) is 6.10 Å². The molecule has 5 nitrogen and oxygen atoms in total. The van der Waals surface area contributed by atoms with Crippen molar-refractivity contribution in [2.45, 2.75) is 33.4 Å². The SMILES string of the molecule is CCNC(=O)C(=O)NCc1ccccc1OC(C)C. The average molecular weight is 264 g/mol. The van der Waals surface area contributed by atoms with E-state index >= 15 is 0 Å². The zero-order valence-corrected chi connectivity index (χ0v) is 11.5. The molecule has 1 aromatic carbocycles. The molecule has 0 aliphatic rings. The smallest absolute Gasteiger partial charge is 0.309 e. The van der Waals surface area contributed by atoms with Crippen molar-refractivity contribution >= 4 is 11.8 Å². The Bertz CT molecular complexity index is 444. The van der Waals surface area contributed by atoms with Gasteiger partial charge in [0.1, 0.15) is 5.75 Å². The Labute approximate surface area is 113 Å². The molecule has 2 N–H and O–H groups in total. The van der Waals surface area contributed by atoms with Crippen molar-refractivity contribution in [3.63, 3.8) is 0 Å². The highest BCUT2D eigenvalue weighted by Crippen LogP contribution is 2.18.